The fourth-order valence-corrected chi connectivity index (χ4v) is 1.59. The highest BCUT2D eigenvalue weighted by Gasteiger charge is 2.22. The van der Waals surface area contributed by atoms with Gasteiger partial charge in [0.2, 0.25) is 0 Å². The van der Waals surface area contributed by atoms with E-state index >= 15 is 0 Å². The molecule has 0 saturated carbocycles. The summed E-state index contributed by atoms with van der Waals surface area (Å²) in [4.78, 5) is 27.8. The predicted octanol–water partition coefficient (Wildman–Crippen LogP) is 2.56. The van der Waals surface area contributed by atoms with Gasteiger partial charge in [0.15, 0.2) is 0 Å². The van der Waals surface area contributed by atoms with Crippen molar-refractivity contribution in [3.8, 4) is 0 Å². The number of nitrogens with zero attached hydrogens (tertiary/aromatic N) is 1. The Morgan fingerprint density at radius 3 is 2.55 bits per heavy atom. The van der Waals surface area contributed by atoms with E-state index in [1.807, 2.05) is 0 Å². The van der Waals surface area contributed by atoms with Crippen LogP contribution in [-0.4, -0.2) is 41.2 Å². The zero-order valence-electron chi connectivity index (χ0n) is 12.6. The van der Waals surface area contributed by atoms with Gasteiger partial charge in [-0.1, -0.05) is 0 Å². The number of esters is 1. The van der Waals surface area contributed by atoms with Gasteiger partial charge in [0, 0.05) is 18.8 Å². The second kappa shape index (κ2) is 6.45. The number of H-pyrrole nitrogens is 1. The third-order valence-electron chi connectivity index (χ3n) is 2.43. The molecule has 1 aromatic rings. The molecule has 0 aliphatic heterocycles. The Morgan fingerprint density at radius 1 is 1.35 bits per heavy atom. The van der Waals surface area contributed by atoms with Crippen molar-refractivity contribution in [2.45, 2.75) is 39.8 Å². The summed E-state index contributed by atoms with van der Waals surface area (Å²) in [6.45, 7) is 7.73. The Hall–Kier alpha value is -1.98. The number of aromatic amines is 1. The standard InChI is InChI=1S/C14H22N2O4/c1-6-19-12(17)11-10(7-8-15-11)9-16(5)13(18)20-14(2,3)4/h7-8,15H,6,9H2,1-5H3. The van der Waals surface area contributed by atoms with Crippen molar-refractivity contribution in [1.82, 2.24) is 9.88 Å². The fourth-order valence-electron chi connectivity index (χ4n) is 1.59. The number of hydrogen-bond donors (Lipinski definition) is 1. The molecule has 0 spiro atoms. The number of aromatic nitrogens is 1. The zero-order chi connectivity index (χ0) is 15.3. The van der Waals surface area contributed by atoms with Crippen LogP contribution in [0.25, 0.3) is 0 Å². The van der Waals surface area contributed by atoms with Crippen molar-refractivity contribution in [3.05, 3.63) is 23.5 Å². The highest BCUT2D eigenvalue weighted by Crippen LogP contribution is 2.14. The summed E-state index contributed by atoms with van der Waals surface area (Å²) in [7, 11) is 1.62. The van der Waals surface area contributed by atoms with Crippen LogP contribution in [0.2, 0.25) is 0 Å². The Labute approximate surface area is 119 Å². The minimum Gasteiger partial charge on any atom is -0.461 e. The SMILES string of the molecule is CCOC(=O)c1[nH]ccc1CN(C)C(=O)OC(C)(C)C. The largest absolute Gasteiger partial charge is 0.461 e. The third-order valence-corrected chi connectivity index (χ3v) is 2.43. The van der Waals surface area contributed by atoms with Crippen LogP contribution in [0.15, 0.2) is 12.3 Å². The van der Waals surface area contributed by atoms with Gasteiger partial charge < -0.3 is 19.4 Å². The van der Waals surface area contributed by atoms with Gasteiger partial charge in [-0.25, -0.2) is 9.59 Å². The number of hydrogen-bond acceptors (Lipinski definition) is 4. The Balaban J connectivity index is 2.72. The van der Waals surface area contributed by atoms with Crippen molar-refractivity contribution >= 4 is 12.1 Å². The Bertz CT molecular complexity index is 474. The van der Waals surface area contributed by atoms with Gasteiger partial charge in [-0.2, -0.15) is 0 Å². The molecule has 0 radical (unpaired) electrons. The van der Waals surface area contributed by atoms with Crippen LogP contribution >= 0.6 is 0 Å². The van der Waals surface area contributed by atoms with Gasteiger partial charge in [0.1, 0.15) is 11.3 Å². The smallest absolute Gasteiger partial charge is 0.410 e. The van der Waals surface area contributed by atoms with Crippen molar-refractivity contribution in [3.63, 3.8) is 0 Å². The number of nitrogens with one attached hydrogen (secondary N) is 1. The summed E-state index contributed by atoms with van der Waals surface area (Å²) in [5.41, 5.74) is 0.507. The summed E-state index contributed by atoms with van der Waals surface area (Å²) in [6.07, 6.45) is 1.21. The van der Waals surface area contributed by atoms with E-state index < -0.39 is 17.7 Å². The topological polar surface area (TPSA) is 71.6 Å². The highest BCUT2D eigenvalue weighted by molar-refractivity contribution is 5.89. The molecule has 6 heteroatoms. The second-order valence-electron chi connectivity index (χ2n) is 5.43. The summed E-state index contributed by atoms with van der Waals surface area (Å²) >= 11 is 0. The maximum absolute atomic E-state index is 11.9. The van der Waals surface area contributed by atoms with E-state index in [0.717, 1.165) is 0 Å². The molecule has 20 heavy (non-hydrogen) atoms. The molecule has 1 amide bonds. The molecule has 1 rings (SSSR count). The van der Waals surface area contributed by atoms with E-state index in [9.17, 15) is 9.59 Å². The number of ether oxygens (including phenoxy) is 2. The van der Waals surface area contributed by atoms with Gasteiger partial charge in [0.05, 0.1) is 13.2 Å². The number of rotatable bonds is 4. The molecule has 1 heterocycles. The monoisotopic (exact) mass is 282 g/mol. The van der Waals surface area contributed by atoms with E-state index in [-0.39, 0.29) is 6.54 Å². The highest BCUT2D eigenvalue weighted by atomic mass is 16.6. The minimum absolute atomic E-state index is 0.270. The molecule has 0 aromatic carbocycles. The van der Waals surface area contributed by atoms with E-state index in [1.54, 1.807) is 47.0 Å². The van der Waals surface area contributed by atoms with Crippen molar-refractivity contribution in [2.24, 2.45) is 0 Å². The van der Waals surface area contributed by atoms with Crippen LogP contribution in [0.3, 0.4) is 0 Å². The normalized spacial score (nSPS) is 11.1. The molecule has 0 aliphatic rings. The van der Waals surface area contributed by atoms with E-state index in [4.69, 9.17) is 9.47 Å². The molecule has 0 aliphatic carbocycles. The van der Waals surface area contributed by atoms with Crippen molar-refractivity contribution in [1.29, 1.82) is 0 Å². The van der Waals surface area contributed by atoms with Crippen molar-refractivity contribution in [2.75, 3.05) is 13.7 Å². The van der Waals surface area contributed by atoms with Gasteiger partial charge in [-0.3, -0.25) is 0 Å². The van der Waals surface area contributed by atoms with Crippen LogP contribution in [-0.2, 0) is 16.0 Å². The van der Waals surface area contributed by atoms with Crippen LogP contribution in [0.4, 0.5) is 4.79 Å². The molecule has 0 unspecified atom stereocenters. The number of carbonyl (C=O) groups is 2. The van der Waals surface area contributed by atoms with Gasteiger partial charge in [0.25, 0.3) is 0 Å². The summed E-state index contributed by atoms with van der Waals surface area (Å²) in [5, 5.41) is 0. The van der Waals surface area contributed by atoms with E-state index in [1.165, 1.54) is 4.90 Å². The number of carbonyl (C=O) groups excluding carboxylic acids is 2. The first-order valence-electron chi connectivity index (χ1n) is 6.52. The summed E-state index contributed by atoms with van der Waals surface area (Å²) in [6, 6.07) is 1.74. The lowest BCUT2D eigenvalue weighted by molar-refractivity contribution is 0.0281. The molecular weight excluding hydrogens is 260 g/mol. The molecule has 0 atom stereocenters. The molecule has 1 N–H and O–H groups in total. The molecule has 0 fully saturated rings. The maximum Gasteiger partial charge on any atom is 0.410 e. The lowest BCUT2D eigenvalue weighted by Crippen LogP contribution is -2.34. The van der Waals surface area contributed by atoms with E-state index in [0.29, 0.717) is 17.9 Å². The lowest BCUT2D eigenvalue weighted by atomic mass is 10.2. The predicted molar refractivity (Wildman–Crippen MR) is 74.5 cm³/mol. The van der Waals surface area contributed by atoms with Crippen LogP contribution < -0.4 is 0 Å². The van der Waals surface area contributed by atoms with E-state index in [2.05, 4.69) is 4.98 Å². The minimum atomic E-state index is -0.548. The number of amides is 1. The van der Waals surface area contributed by atoms with Crippen LogP contribution in [0.1, 0.15) is 43.7 Å². The van der Waals surface area contributed by atoms with Gasteiger partial charge >= 0.3 is 12.1 Å². The summed E-state index contributed by atoms with van der Waals surface area (Å²) < 4.78 is 10.2. The second-order valence-corrected chi connectivity index (χ2v) is 5.43. The molecule has 6 nitrogen and oxygen atoms in total. The first-order chi connectivity index (χ1) is 9.24. The average molecular weight is 282 g/mol. The van der Waals surface area contributed by atoms with Crippen molar-refractivity contribution < 1.29 is 19.1 Å². The molecule has 0 bridgehead atoms. The molecule has 0 saturated heterocycles. The Morgan fingerprint density at radius 2 is 2.00 bits per heavy atom. The molecule has 1 aromatic heterocycles. The lowest BCUT2D eigenvalue weighted by Gasteiger charge is -2.24. The first kappa shape index (κ1) is 16.1. The maximum atomic E-state index is 11.9. The molecule has 112 valence electrons. The molecular formula is C14H22N2O4. The third kappa shape index (κ3) is 4.60. The van der Waals surface area contributed by atoms with Gasteiger partial charge in [-0.05, 0) is 33.8 Å². The Kier molecular flexibility index (Phi) is 5.19. The zero-order valence-corrected chi connectivity index (χ0v) is 12.6. The van der Waals surface area contributed by atoms with Crippen LogP contribution in [0, 0.1) is 0 Å². The quantitative estimate of drug-likeness (QED) is 0.861. The fraction of sp³-hybridized carbons (Fsp3) is 0.571. The first-order valence-corrected chi connectivity index (χ1v) is 6.52. The van der Waals surface area contributed by atoms with Crippen LogP contribution in [0.5, 0.6) is 0 Å². The average Bonchev–Trinajstić information content (AvgIpc) is 2.75. The van der Waals surface area contributed by atoms with Gasteiger partial charge in [-0.15, -0.1) is 0 Å². The summed E-state index contributed by atoms with van der Waals surface area (Å²) in [5.74, 6) is -0.426.